The highest BCUT2D eigenvalue weighted by Gasteiger charge is 2.45. The van der Waals surface area contributed by atoms with Crippen LogP contribution in [0.5, 0.6) is 5.75 Å². The van der Waals surface area contributed by atoms with E-state index in [0.717, 1.165) is 0 Å². The van der Waals surface area contributed by atoms with E-state index in [0.29, 0.717) is 34.9 Å². The van der Waals surface area contributed by atoms with Gasteiger partial charge in [-0.2, -0.15) is 0 Å². The molecular weight excluding hydrogens is 422 g/mol. The molecule has 1 unspecified atom stereocenters. The van der Waals surface area contributed by atoms with E-state index in [2.05, 4.69) is 0 Å². The van der Waals surface area contributed by atoms with Crippen molar-refractivity contribution in [2.75, 3.05) is 20.3 Å². The third-order valence-electron chi connectivity index (χ3n) is 4.86. The molecule has 8 heteroatoms. The van der Waals surface area contributed by atoms with Crippen LogP contribution < -0.4 is 4.74 Å². The van der Waals surface area contributed by atoms with Crippen LogP contribution >= 0.6 is 11.6 Å². The number of esters is 1. The predicted molar refractivity (Wildman–Crippen MR) is 115 cm³/mol. The van der Waals surface area contributed by atoms with Gasteiger partial charge in [-0.05, 0) is 48.4 Å². The highest BCUT2D eigenvalue weighted by molar-refractivity contribution is 6.46. The summed E-state index contributed by atoms with van der Waals surface area (Å²) in [5.74, 6) is -1.86. The maximum absolute atomic E-state index is 12.9. The van der Waals surface area contributed by atoms with E-state index in [1.165, 1.54) is 11.8 Å². The van der Waals surface area contributed by atoms with Crippen LogP contribution in [0.15, 0.2) is 54.1 Å². The number of methoxy groups -OCH3 is 1. The number of aliphatic hydroxyl groups is 1. The molecule has 1 saturated heterocycles. The number of rotatable bonds is 7. The minimum atomic E-state index is -0.793. The topological polar surface area (TPSA) is 93.1 Å². The molecule has 1 atom stereocenters. The normalized spacial score (nSPS) is 17.8. The van der Waals surface area contributed by atoms with E-state index in [9.17, 15) is 19.5 Å². The van der Waals surface area contributed by atoms with Gasteiger partial charge in [-0.15, -0.1) is 0 Å². The van der Waals surface area contributed by atoms with Gasteiger partial charge < -0.3 is 19.5 Å². The summed E-state index contributed by atoms with van der Waals surface area (Å²) in [7, 11) is 1.56. The van der Waals surface area contributed by atoms with Crippen LogP contribution in [0, 0.1) is 0 Å². The number of benzene rings is 2. The van der Waals surface area contributed by atoms with Crippen LogP contribution in [0.2, 0.25) is 5.02 Å². The van der Waals surface area contributed by atoms with E-state index >= 15 is 0 Å². The zero-order valence-corrected chi connectivity index (χ0v) is 17.9. The van der Waals surface area contributed by atoms with Gasteiger partial charge >= 0.3 is 5.97 Å². The number of halogens is 1. The average molecular weight is 444 g/mol. The van der Waals surface area contributed by atoms with E-state index in [1.54, 1.807) is 55.6 Å². The number of carbonyl (C=O) groups is 3. The second kappa shape index (κ2) is 9.76. The number of ether oxygens (including phenoxy) is 2. The number of hydrogen-bond acceptors (Lipinski definition) is 6. The fourth-order valence-corrected chi connectivity index (χ4v) is 3.61. The Hall–Kier alpha value is -3.16. The largest absolute Gasteiger partial charge is 0.507 e. The SMILES string of the molecule is COCCCN1C(=O)C(=O)/C(=C(\O)c2ccc(Cl)cc2)C1c1ccc(OC(C)=O)cc1. The molecule has 1 N–H and O–H groups in total. The number of amides is 1. The molecule has 1 aliphatic heterocycles. The molecule has 2 aromatic carbocycles. The van der Waals surface area contributed by atoms with Gasteiger partial charge in [0.25, 0.3) is 11.7 Å². The maximum atomic E-state index is 12.9. The predicted octanol–water partition coefficient (Wildman–Crippen LogP) is 3.72. The Morgan fingerprint density at radius 1 is 1.10 bits per heavy atom. The van der Waals surface area contributed by atoms with Gasteiger partial charge in [-0.3, -0.25) is 14.4 Å². The lowest BCUT2D eigenvalue weighted by molar-refractivity contribution is -0.140. The molecule has 2 aromatic rings. The smallest absolute Gasteiger partial charge is 0.308 e. The van der Waals surface area contributed by atoms with Gasteiger partial charge in [0.2, 0.25) is 0 Å². The van der Waals surface area contributed by atoms with E-state index in [4.69, 9.17) is 21.1 Å². The van der Waals surface area contributed by atoms with Crippen molar-refractivity contribution < 1.29 is 29.0 Å². The highest BCUT2D eigenvalue weighted by atomic mass is 35.5. The molecule has 0 saturated carbocycles. The molecule has 0 aromatic heterocycles. The number of Topliss-reactive ketones (excluding diaryl/α,β-unsaturated/α-hetero) is 1. The summed E-state index contributed by atoms with van der Waals surface area (Å²) in [6.07, 6.45) is 0.520. The Labute approximate surface area is 184 Å². The summed E-state index contributed by atoms with van der Waals surface area (Å²) >= 11 is 5.92. The molecule has 1 heterocycles. The lowest BCUT2D eigenvalue weighted by Crippen LogP contribution is -2.31. The summed E-state index contributed by atoms with van der Waals surface area (Å²) in [5.41, 5.74) is 0.967. The first-order chi connectivity index (χ1) is 14.8. The first kappa shape index (κ1) is 22.5. The number of nitrogens with zero attached hydrogens (tertiary/aromatic N) is 1. The summed E-state index contributed by atoms with van der Waals surface area (Å²) in [5, 5.41) is 11.4. The zero-order valence-electron chi connectivity index (χ0n) is 17.1. The average Bonchev–Trinajstić information content (AvgIpc) is 2.99. The number of carbonyl (C=O) groups excluding carboxylic acids is 3. The summed E-state index contributed by atoms with van der Waals surface area (Å²) in [6.45, 7) is 1.98. The van der Waals surface area contributed by atoms with Crippen molar-refractivity contribution in [1.82, 2.24) is 4.90 Å². The number of hydrogen-bond donors (Lipinski definition) is 1. The van der Waals surface area contributed by atoms with Gasteiger partial charge in [0.05, 0.1) is 11.6 Å². The maximum Gasteiger partial charge on any atom is 0.308 e. The Bertz CT molecular complexity index is 1010. The van der Waals surface area contributed by atoms with Gasteiger partial charge in [0.15, 0.2) is 0 Å². The van der Waals surface area contributed by atoms with Crippen molar-refractivity contribution in [3.8, 4) is 5.75 Å². The van der Waals surface area contributed by atoms with Crippen LogP contribution in [0.1, 0.15) is 30.5 Å². The molecule has 0 aliphatic carbocycles. The summed E-state index contributed by atoms with van der Waals surface area (Å²) in [6, 6.07) is 12.0. The van der Waals surface area contributed by atoms with E-state index in [1.807, 2.05) is 0 Å². The van der Waals surface area contributed by atoms with Crippen LogP contribution in [-0.2, 0) is 19.1 Å². The molecule has 1 amide bonds. The monoisotopic (exact) mass is 443 g/mol. The Kier molecular flexibility index (Phi) is 7.09. The van der Waals surface area contributed by atoms with Gasteiger partial charge in [-0.25, -0.2) is 0 Å². The van der Waals surface area contributed by atoms with Crippen molar-refractivity contribution in [2.24, 2.45) is 0 Å². The summed E-state index contributed by atoms with van der Waals surface area (Å²) in [4.78, 5) is 38.3. The first-order valence-corrected chi connectivity index (χ1v) is 10.0. The molecule has 31 heavy (non-hydrogen) atoms. The van der Waals surface area contributed by atoms with Crippen molar-refractivity contribution >= 4 is 35.0 Å². The number of aliphatic hydroxyl groups excluding tert-OH is 1. The standard InChI is InChI=1S/C23H22ClNO6/c1-14(26)31-18-10-6-15(7-11-18)20-19(21(27)16-4-8-17(24)9-5-16)22(28)23(29)25(20)12-3-13-30-2/h4-11,20,27H,3,12-13H2,1-2H3/b21-19-. The molecule has 1 fully saturated rings. The van der Waals surface area contributed by atoms with Crippen LogP contribution in [0.4, 0.5) is 0 Å². The molecular formula is C23H22ClNO6. The van der Waals surface area contributed by atoms with Crippen LogP contribution in [0.25, 0.3) is 5.76 Å². The lowest BCUT2D eigenvalue weighted by atomic mass is 9.95. The second-order valence-electron chi connectivity index (χ2n) is 7.01. The molecule has 162 valence electrons. The molecule has 7 nitrogen and oxygen atoms in total. The quantitative estimate of drug-likeness (QED) is 0.175. The van der Waals surface area contributed by atoms with Gasteiger partial charge in [-0.1, -0.05) is 23.7 Å². The van der Waals surface area contributed by atoms with Gasteiger partial charge in [0, 0.05) is 37.8 Å². The van der Waals surface area contributed by atoms with Gasteiger partial charge in [0.1, 0.15) is 11.5 Å². The van der Waals surface area contributed by atoms with Crippen LogP contribution in [0.3, 0.4) is 0 Å². The van der Waals surface area contributed by atoms with Crippen molar-refractivity contribution in [3.63, 3.8) is 0 Å². The van der Waals surface area contributed by atoms with Crippen molar-refractivity contribution in [1.29, 1.82) is 0 Å². The number of ketones is 1. The number of likely N-dealkylation sites (tertiary alicyclic amines) is 1. The lowest BCUT2D eigenvalue weighted by Gasteiger charge is -2.25. The molecule has 0 bridgehead atoms. The third-order valence-corrected chi connectivity index (χ3v) is 5.11. The zero-order chi connectivity index (χ0) is 22.5. The Morgan fingerprint density at radius 2 is 1.74 bits per heavy atom. The molecule has 1 aliphatic rings. The molecule has 0 radical (unpaired) electrons. The summed E-state index contributed by atoms with van der Waals surface area (Å²) < 4.78 is 10.1. The Balaban J connectivity index is 2.07. The van der Waals surface area contributed by atoms with E-state index < -0.39 is 23.7 Å². The van der Waals surface area contributed by atoms with Crippen molar-refractivity contribution in [2.45, 2.75) is 19.4 Å². The minimum Gasteiger partial charge on any atom is -0.507 e. The second-order valence-corrected chi connectivity index (χ2v) is 7.44. The molecule has 3 rings (SSSR count). The first-order valence-electron chi connectivity index (χ1n) is 9.65. The van der Waals surface area contributed by atoms with Crippen LogP contribution in [-0.4, -0.2) is 47.9 Å². The third kappa shape index (κ3) is 4.95. The minimum absolute atomic E-state index is 0.00928. The Morgan fingerprint density at radius 3 is 2.32 bits per heavy atom. The fourth-order valence-electron chi connectivity index (χ4n) is 3.48. The van der Waals surface area contributed by atoms with Crippen molar-refractivity contribution in [3.05, 3.63) is 70.3 Å². The van der Waals surface area contributed by atoms with E-state index in [-0.39, 0.29) is 17.9 Å². The fraction of sp³-hybridized carbons (Fsp3) is 0.261. The molecule has 0 spiro atoms. The highest BCUT2D eigenvalue weighted by Crippen LogP contribution is 2.40.